The van der Waals surface area contributed by atoms with E-state index in [1.54, 1.807) is 18.2 Å². The molecule has 0 spiro atoms. The largest absolute Gasteiger partial charge is 0.296 e. The Kier molecular flexibility index (Phi) is 5.65. The first-order valence-corrected chi connectivity index (χ1v) is 4.20. The van der Waals surface area contributed by atoms with E-state index in [4.69, 9.17) is 0 Å². The highest BCUT2D eigenvalue weighted by atomic mass is 79.9. The van der Waals surface area contributed by atoms with Crippen molar-refractivity contribution in [1.29, 1.82) is 0 Å². The fourth-order valence-electron chi connectivity index (χ4n) is 0.490. The number of aromatic nitrogens is 1. The zero-order chi connectivity index (χ0) is 8.69. The summed E-state index contributed by atoms with van der Waals surface area (Å²) in [5.74, 6) is 0. The molecule has 0 bridgehead atoms. The van der Waals surface area contributed by atoms with Crippen molar-refractivity contribution in [3.8, 4) is 0 Å². The Labute approximate surface area is 74.8 Å². The molecule has 2 nitrogen and oxygen atoms in total. The number of pyridine rings is 1. The van der Waals surface area contributed by atoms with E-state index in [2.05, 4.69) is 20.9 Å². The van der Waals surface area contributed by atoms with Crippen LogP contribution in [-0.4, -0.2) is 11.3 Å². The molecule has 0 N–H and O–H groups in total. The van der Waals surface area contributed by atoms with Crippen LogP contribution in [0.5, 0.6) is 0 Å². The average molecular weight is 216 g/mol. The molecular formula is C8H10BrNO. The average Bonchev–Trinajstić information content (AvgIpc) is 2.08. The smallest absolute Gasteiger partial charge is 0.168 e. The van der Waals surface area contributed by atoms with Crippen LogP contribution < -0.4 is 0 Å². The number of carbonyl (C=O) groups excluding carboxylic acids is 1. The highest BCUT2D eigenvalue weighted by Gasteiger charge is 1.89. The van der Waals surface area contributed by atoms with Gasteiger partial charge < -0.3 is 0 Å². The summed E-state index contributed by atoms with van der Waals surface area (Å²) in [5.41, 5.74) is 0.448. The van der Waals surface area contributed by atoms with Crippen molar-refractivity contribution in [3.63, 3.8) is 0 Å². The van der Waals surface area contributed by atoms with Crippen molar-refractivity contribution in [1.82, 2.24) is 4.98 Å². The molecule has 1 heterocycles. The van der Waals surface area contributed by atoms with Crippen LogP contribution in [0.2, 0.25) is 0 Å². The minimum atomic E-state index is 0.448. The quantitative estimate of drug-likeness (QED) is 0.533. The summed E-state index contributed by atoms with van der Waals surface area (Å²) in [7, 11) is 0. The summed E-state index contributed by atoms with van der Waals surface area (Å²) < 4.78 is 0.687. The molecule has 0 aliphatic carbocycles. The third-order valence-electron chi connectivity index (χ3n) is 0.857. The number of carbonyl (C=O) groups is 1. The molecule has 1 aromatic heterocycles. The third-order valence-corrected chi connectivity index (χ3v) is 1.30. The fourth-order valence-corrected chi connectivity index (χ4v) is 0.847. The summed E-state index contributed by atoms with van der Waals surface area (Å²) in [6.07, 6.45) is 0.713. The van der Waals surface area contributed by atoms with E-state index >= 15 is 0 Å². The highest BCUT2D eigenvalue weighted by molar-refractivity contribution is 9.10. The molecule has 0 fully saturated rings. The first kappa shape index (κ1) is 10.3. The van der Waals surface area contributed by atoms with Gasteiger partial charge in [-0.3, -0.25) is 4.79 Å². The minimum Gasteiger partial charge on any atom is -0.296 e. The molecule has 11 heavy (non-hydrogen) atoms. The molecule has 0 radical (unpaired) electrons. The van der Waals surface area contributed by atoms with Crippen LogP contribution in [0, 0.1) is 0 Å². The lowest BCUT2D eigenvalue weighted by molar-refractivity contribution is 0.111. The molecule has 0 saturated heterocycles. The van der Waals surface area contributed by atoms with Gasteiger partial charge >= 0.3 is 0 Å². The summed E-state index contributed by atoms with van der Waals surface area (Å²) >= 11 is 3.13. The van der Waals surface area contributed by atoms with Gasteiger partial charge in [-0.1, -0.05) is 19.9 Å². The molecule has 0 saturated carbocycles. The summed E-state index contributed by atoms with van der Waals surface area (Å²) in [4.78, 5) is 13.9. The molecule has 0 aliphatic rings. The van der Waals surface area contributed by atoms with Crippen LogP contribution in [0.4, 0.5) is 0 Å². The molecule has 3 heteroatoms. The number of hydrogen-bond acceptors (Lipinski definition) is 2. The van der Waals surface area contributed by atoms with E-state index < -0.39 is 0 Å². The Bertz CT molecular complexity index is 225. The molecule has 0 atom stereocenters. The highest BCUT2D eigenvalue weighted by Crippen LogP contribution is 2.03. The zero-order valence-corrected chi connectivity index (χ0v) is 8.13. The predicted octanol–water partition coefficient (Wildman–Crippen LogP) is 2.68. The van der Waals surface area contributed by atoms with Crippen molar-refractivity contribution < 1.29 is 4.79 Å². The first-order valence-electron chi connectivity index (χ1n) is 3.40. The molecule has 0 aromatic carbocycles. The fraction of sp³-hybridized carbons (Fsp3) is 0.250. The van der Waals surface area contributed by atoms with Crippen molar-refractivity contribution in [2.24, 2.45) is 0 Å². The number of halogens is 1. The van der Waals surface area contributed by atoms with E-state index in [0.29, 0.717) is 16.6 Å². The van der Waals surface area contributed by atoms with E-state index in [9.17, 15) is 4.79 Å². The van der Waals surface area contributed by atoms with Crippen LogP contribution in [0.1, 0.15) is 24.3 Å². The maximum absolute atomic E-state index is 10.1. The number of aldehydes is 1. The van der Waals surface area contributed by atoms with Crippen LogP contribution in [0.15, 0.2) is 22.8 Å². The standard InChI is InChI=1S/C6H4BrNO.C2H6/c7-6-3-1-2-5(4-9)8-6;1-2/h1-4H;1-2H3. The Morgan fingerprint density at radius 1 is 1.45 bits per heavy atom. The van der Waals surface area contributed by atoms with Crippen molar-refractivity contribution in [2.75, 3.05) is 0 Å². The van der Waals surface area contributed by atoms with Gasteiger partial charge in [-0.15, -0.1) is 0 Å². The molecule has 1 rings (SSSR count). The normalized spacial score (nSPS) is 7.91. The maximum atomic E-state index is 10.1. The number of hydrogen-bond donors (Lipinski definition) is 0. The molecule has 0 unspecified atom stereocenters. The Morgan fingerprint density at radius 3 is 2.45 bits per heavy atom. The Hall–Kier alpha value is -0.700. The lowest BCUT2D eigenvalue weighted by atomic mass is 10.4. The molecule has 1 aromatic rings. The minimum absolute atomic E-state index is 0.448. The second-order valence-electron chi connectivity index (χ2n) is 1.50. The molecule has 0 amide bonds. The second-order valence-corrected chi connectivity index (χ2v) is 2.32. The summed E-state index contributed by atoms with van der Waals surface area (Å²) in [6, 6.07) is 5.19. The summed E-state index contributed by atoms with van der Waals surface area (Å²) in [6.45, 7) is 4.00. The van der Waals surface area contributed by atoms with Gasteiger partial charge in [0.15, 0.2) is 6.29 Å². The van der Waals surface area contributed by atoms with Crippen LogP contribution >= 0.6 is 15.9 Å². The van der Waals surface area contributed by atoms with E-state index in [0.717, 1.165) is 0 Å². The van der Waals surface area contributed by atoms with Crippen LogP contribution in [-0.2, 0) is 0 Å². The van der Waals surface area contributed by atoms with Gasteiger partial charge in [0.25, 0.3) is 0 Å². The second kappa shape index (κ2) is 6.04. The topological polar surface area (TPSA) is 30.0 Å². The van der Waals surface area contributed by atoms with Gasteiger partial charge in [0, 0.05) is 0 Å². The number of rotatable bonds is 1. The van der Waals surface area contributed by atoms with Gasteiger partial charge in [0.2, 0.25) is 0 Å². The zero-order valence-electron chi connectivity index (χ0n) is 6.54. The SMILES string of the molecule is CC.O=Cc1cccc(Br)n1. The predicted molar refractivity (Wildman–Crippen MR) is 48.7 cm³/mol. The molecule has 0 aliphatic heterocycles. The van der Waals surface area contributed by atoms with Gasteiger partial charge in [-0.25, -0.2) is 4.98 Å². The van der Waals surface area contributed by atoms with Crippen molar-refractivity contribution in [2.45, 2.75) is 13.8 Å². The monoisotopic (exact) mass is 215 g/mol. The van der Waals surface area contributed by atoms with Gasteiger partial charge in [0.05, 0.1) is 0 Å². The van der Waals surface area contributed by atoms with Crippen molar-refractivity contribution in [3.05, 3.63) is 28.5 Å². The Morgan fingerprint density at radius 2 is 2.09 bits per heavy atom. The van der Waals surface area contributed by atoms with Gasteiger partial charge in [-0.05, 0) is 28.1 Å². The first-order chi connectivity index (χ1) is 5.33. The van der Waals surface area contributed by atoms with Gasteiger partial charge in [-0.2, -0.15) is 0 Å². The van der Waals surface area contributed by atoms with Gasteiger partial charge in [0.1, 0.15) is 10.3 Å². The molecular weight excluding hydrogens is 206 g/mol. The third kappa shape index (κ3) is 3.88. The number of nitrogens with zero attached hydrogens (tertiary/aromatic N) is 1. The lowest BCUT2D eigenvalue weighted by Gasteiger charge is -1.87. The summed E-state index contributed by atoms with van der Waals surface area (Å²) in [5, 5.41) is 0. The van der Waals surface area contributed by atoms with Crippen LogP contribution in [0.25, 0.3) is 0 Å². The lowest BCUT2D eigenvalue weighted by Crippen LogP contribution is -1.83. The Balaban J connectivity index is 0.000000461. The van der Waals surface area contributed by atoms with Crippen molar-refractivity contribution >= 4 is 22.2 Å². The van der Waals surface area contributed by atoms with E-state index in [-0.39, 0.29) is 0 Å². The van der Waals surface area contributed by atoms with E-state index in [1.807, 2.05) is 13.8 Å². The molecule has 60 valence electrons. The van der Waals surface area contributed by atoms with Crippen LogP contribution in [0.3, 0.4) is 0 Å². The maximum Gasteiger partial charge on any atom is 0.168 e. The van der Waals surface area contributed by atoms with E-state index in [1.165, 1.54) is 0 Å².